The molecule has 31 heteroatoms. The summed E-state index contributed by atoms with van der Waals surface area (Å²) in [5.74, 6) is -0.631. The number of anilines is 2. The highest BCUT2D eigenvalue weighted by atomic mass is 35.5. The summed E-state index contributed by atoms with van der Waals surface area (Å²) in [6, 6.07) is 36.7. The molecule has 12 atom stereocenters. The van der Waals surface area contributed by atoms with Gasteiger partial charge in [-0.2, -0.15) is 20.7 Å². The van der Waals surface area contributed by atoms with Crippen LogP contribution < -0.4 is 16.0 Å². The van der Waals surface area contributed by atoms with Crippen molar-refractivity contribution in [3.63, 3.8) is 0 Å². The summed E-state index contributed by atoms with van der Waals surface area (Å²) >= 11 is 6.49. The number of halogens is 1. The Labute approximate surface area is 714 Å². The highest BCUT2D eigenvalue weighted by Gasteiger charge is 2.66. The van der Waals surface area contributed by atoms with Crippen molar-refractivity contribution in [1.82, 2.24) is 29.2 Å². The molecule has 0 radical (unpaired) electrons. The molecular formula is C89H131ClN10O18P2. The molecule has 3 aromatic carbocycles. The average molecular weight is 1730 g/mol. The van der Waals surface area contributed by atoms with E-state index in [9.17, 15) is 34.8 Å². The fraction of sp³-hybridized carbons (Fsp3) is 0.640. The minimum absolute atomic E-state index is 0.0939. The Kier molecular flexibility index (Phi) is 41.8. The van der Waals surface area contributed by atoms with Gasteiger partial charge in [-0.1, -0.05) is 291 Å². The van der Waals surface area contributed by atoms with Crippen molar-refractivity contribution >= 4 is 49.9 Å². The molecule has 0 spiro atoms. The van der Waals surface area contributed by atoms with Crippen molar-refractivity contribution in [3.8, 4) is 17.9 Å². The number of aliphatic hydroxyl groups is 2. The fourth-order valence-corrected chi connectivity index (χ4v) is 17.6. The summed E-state index contributed by atoms with van der Waals surface area (Å²) < 4.78 is 108. The molecule has 0 amide bonds. The molecular weight excluding hydrogens is 1590 g/mol. The van der Waals surface area contributed by atoms with Gasteiger partial charge in [-0.3, -0.25) is 18.1 Å². The SMILES string of the molecule is CCCCCCCCCCCCCCCCCCO[C@H](COCc1ccccc1)COP(=O)(O)OC[C@H]1O[C@@](C#N)(c2ccc3c(N)ncnn23)[C@H](O)[C@@H]1O.CCCCCCCCCCCCCCCCCCO[C@H](COCc1ccccc1)COP(=O)(OC[C@H]1O[C@@](C#N)(c2ccc3c(N)ncnn23)[C@@H]2OC(C)(C)O[C@@H]21)Oc1ccccc1Cl. The topological polar surface area (TPSA) is 375 Å². The van der Waals surface area contributed by atoms with Gasteiger partial charge in [0.15, 0.2) is 17.4 Å². The Hall–Kier alpha value is -6.57. The first-order valence-corrected chi connectivity index (χ1v) is 47.1. The molecule has 7 N–H and O–H groups in total. The van der Waals surface area contributed by atoms with Crippen LogP contribution in [-0.4, -0.2) is 152 Å². The molecule has 7 heterocycles. The lowest BCUT2D eigenvalue weighted by Gasteiger charge is -2.29. The van der Waals surface area contributed by atoms with Crippen LogP contribution in [0.25, 0.3) is 11.0 Å². The van der Waals surface area contributed by atoms with Crippen molar-refractivity contribution in [3.05, 3.63) is 149 Å². The van der Waals surface area contributed by atoms with Crippen LogP contribution in [0.1, 0.15) is 256 Å². The first-order chi connectivity index (χ1) is 58.3. The third-order valence-electron chi connectivity index (χ3n) is 22.0. The minimum Gasteiger partial charge on any atom is -0.402 e. The first-order valence-electron chi connectivity index (χ1n) is 43.8. The maximum Gasteiger partial charge on any atom is 0.530 e. The number of nitrogens with zero attached hydrogens (tertiary/aromatic N) is 8. The van der Waals surface area contributed by atoms with Crippen molar-refractivity contribution in [2.45, 2.75) is 312 Å². The molecule has 3 aliphatic heterocycles. The lowest BCUT2D eigenvalue weighted by Crippen LogP contribution is -2.41. The molecule has 3 fully saturated rings. The third kappa shape index (κ3) is 30.4. The van der Waals surface area contributed by atoms with Crippen molar-refractivity contribution < 1.29 is 84.8 Å². The second-order valence-electron chi connectivity index (χ2n) is 32.0. The van der Waals surface area contributed by atoms with Crippen molar-refractivity contribution in [1.29, 1.82) is 10.5 Å². The van der Waals surface area contributed by atoms with E-state index in [-0.39, 0.29) is 61.1 Å². The summed E-state index contributed by atoms with van der Waals surface area (Å²) in [6.07, 6.45) is 34.5. The van der Waals surface area contributed by atoms with Crippen LogP contribution in [0.15, 0.2) is 122 Å². The van der Waals surface area contributed by atoms with Crippen LogP contribution in [0, 0.1) is 22.7 Å². The van der Waals surface area contributed by atoms with Gasteiger partial charge in [-0.15, -0.1) is 0 Å². The molecule has 2 unspecified atom stereocenters. The molecule has 4 aromatic heterocycles. The maximum atomic E-state index is 14.8. The monoisotopic (exact) mass is 1720 g/mol. The first kappa shape index (κ1) is 97.2. The molecule has 0 aliphatic carbocycles. The van der Waals surface area contributed by atoms with E-state index in [0.29, 0.717) is 43.2 Å². The predicted octanol–water partition coefficient (Wildman–Crippen LogP) is 18.8. The number of nitrogen functional groups attached to an aromatic ring is 2. The minimum atomic E-state index is -4.70. The van der Waals surface area contributed by atoms with E-state index in [1.54, 1.807) is 56.3 Å². The summed E-state index contributed by atoms with van der Waals surface area (Å²) in [7, 11) is -9.19. The van der Waals surface area contributed by atoms with Crippen LogP contribution in [-0.2, 0) is 89.5 Å². The number of unbranched alkanes of at least 4 members (excludes halogenated alkanes) is 30. The van der Waals surface area contributed by atoms with Crippen LogP contribution >= 0.6 is 27.2 Å². The summed E-state index contributed by atoms with van der Waals surface area (Å²) in [4.78, 5) is 18.5. The Morgan fingerprint density at radius 3 is 1.36 bits per heavy atom. The Bertz CT molecular complexity index is 4260. The van der Waals surface area contributed by atoms with E-state index < -0.39 is 88.1 Å². The normalized spacial score (nSPS) is 21.5. The van der Waals surface area contributed by atoms with Gasteiger partial charge in [0.25, 0.3) is 0 Å². The van der Waals surface area contributed by atoms with Gasteiger partial charge in [-0.05, 0) is 74.2 Å². The standard InChI is InChI=1S/C49H69ClN5O9P.C40H62N5O9P/c1-4-5-6-7-8-9-10-11-12-13-14-15-16-17-18-24-31-58-39(33-57-32-38-25-20-19-21-26-38)34-59-65(56,64-42-28-23-22-27-40(42)50)60-35-43-45-46(63-48(2,3)62-45)49(36-51,61-43)44-30-29-41-47(52)53-37-54-55(41)44;1-2-3-4-5-6-7-8-9-10-11-12-13-14-15-16-20-25-51-33(27-50-26-32-21-18-17-19-22-32)28-52-55(48,49)53-29-35-37(46)38(47)40(30-41,54-35)36-24-23-34-39(42)43-31-44-45(34)36/h19-23,25-30,37,39,43,45-46H,4-18,24,31-35H2,1-3H3,(H2,52,53,54);17-19,21-24,31,33,35,37-38,46-47H,2-16,20,25-29H2,1H3,(H,48,49)(H2,42,43,44)/t39-,43-,45-,46-,49+,65?;33-,35-,37-,38-,40+/m11/s1. The van der Waals surface area contributed by atoms with E-state index >= 15 is 0 Å². The summed E-state index contributed by atoms with van der Waals surface area (Å²) in [6.45, 7) is 8.41. The number of fused-ring (bicyclic) bond motifs is 3. The molecule has 662 valence electrons. The number of aliphatic hydroxyl groups excluding tert-OH is 2. The number of aromatic nitrogens is 6. The zero-order valence-corrected chi connectivity index (χ0v) is 73.4. The molecule has 7 aromatic rings. The quantitative estimate of drug-likeness (QED) is 0.0175. The van der Waals surface area contributed by atoms with Crippen LogP contribution in [0.5, 0.6) is 5.75 Å². The second-order valence-corrected chi connectivity index (χ2v) is 35.5. The molecule has 0 saturated carbocycles. The summed E-state index contributed by atoms with van der Waals surface area (Å²) in [5, 5.41) is 51.4. The Morgan fingerprint density at radius 2 is 0.908 bits per heavy atom. The Balaban J connectivity index is 0.000000277. The van der Waals surface area contributed by atoms with Crippen LogP contribution in [0.2, 0.25) is 5.02 Å². The van der Waals surface area contributed by atoms with Gasteiger partial charge in [-0.25, -0.2) is 28.1 Å². The lowest BCUT2D eigenvalue weighted by molar-refractivity contribution is -0.204. The van der Waals surface area contributed by atoms with Crippen molar-refractivity contribution in [2.24, 2.45) is 0 Å². The van der Waals surface area contributed by atoms with E-state index in [0.717, 1.165) is 49.7 Å². The zero-order chi connectivity index (χ0) is 85.3. The number of rotatable bonds is 60. The number of hydrogen-bond donors (Lipinski definition) is 5. The second kappa shape index (κ2) is 51.6. The number of para-hydroxylation sites is 1. The number of nitriles is 2. The number of phosphoric acid groups is 2. The van der Waals surface area contributed by atoms with Gasteiger partial charge < -0.3 is 69.0 Å². The molecule has 3 aliphatic rings. The number of hydrogen-bond acceptors (Lipinski definition) is 25. The molecule has 28 nitrogen and oxygen atoms in total. The Morgan fingerprint density at radius 1 is 0.500 bits per heavy atom. The number of nitrogens with two attached hydrogens (primary N) is 2. The van der Waals surface area contributed by atoms with Crippen LogP contribution in [0.4, 0.5) is 11.6 Å². The van der Waals surface area contributed by atoms with Crippen LogP contribution in [0.3, 0.4) is 0 Å². The predicted molar refractivity (Wildman–Crippen MR) is 459 cm³/mol. The van der Waals surface area contributed by atoms with E-state index in [1.165, 1.54) is 195 Å². The van der Waals surface area contributed by atoms with Gasteiger partial charge in [0, 0.05) is 13.2 Å². The number of benzene rings is 3. The van der Waals surface area contributed by atoms with Crippen molar-refractivity contribution in [2.75, 3.05) is 64.3 Å². The average Bonchev–Trinajstić information content (AvgIpc) is 1.56. The number of phosphoric ester groups is 2. The largest absolute Gasteiger partial charge is 0.530 e. The smallest absolute Gasteiger partial charge is 0.402 e. The van der Waals surface area contributed by atoms with Gasteiger partial charge in [0.05, 0.1) is 69.3 Å². The molecule has 120 heavy (non-hydrogen) atoms. The number of ether oxygens (including phenoxy) is 8. The zero-order valence-electron chi connectivity index (χ0n) is 70.8. The van der Waals surface area contributed by atoms with Gasteiger partial charge >= 0.3 is 15.6 Å². The maximum absolute atomic E-state index is 14.8. The van der Waals surface area contributed by atoms with Gasteiger partial charge in [0.1, 0.15) is 90.4 Å². The fourth-order valence-electron chi connectivity index (χ4n) is 15.3. The van der Waals surface area contributed by atoms with E-state index in [4.69, 9.17) is 83.6 Å². The summed E-state index contributed by atoms with van der Waals surface area (Å²) in [5.41, 5.74) is 11.5. The third-order valence-corrected chi connectivity index (χ3v) is 24.6. The lowest BCUT2D eigenvalue weighted by atomic mass is 9.92. The van der Waals surface area contributed by atoms with Gasteiger partial charge in [0.2, 0.25) is 11.2 Å². The molecule has 0 bridgehead atoms. The highest BCUT2D eigenvalue weighted by molar-refractivity contribution is 7.49. The van der Waals surface area contributed by atoms with E-state index in [1.807, 2.05) is 66.7 Å². The molecule has 10 rings (SSSR count). The molecule has 3 saturated heterocycles. The van der Waals surface area contributed by atoms with E-state index in [2.05, 4.69) is 40.1 Å². The highest BCUT2D eigenvalue weighted by Crippen LogP contribution is 2.55.